The van der Waals surface area contributed by atoms with Crippen molar-refractivity contribution in [3.8, 4) is 16.9 Å². The van der Waals surface area contributed by atoms with Gasteiger partial charge in [-0.3, -0.25) is 9.59 Å². The molecule has 0 aliphatic heterocycles. The van der Waals surface area contributed by atoms with Gasteiger partial charge in [0.2, 0.25) is 0 Å². The maximum atomic E-state index is 12.6. The lowest BCUT2D eigenvalue weighted by Gasteiger charge is -2.14. The first kappa shape index (κ1) is 33.9. The second-order valence-electron chi connectivity index (χ2n) is 10.7. The number of hydrogen-bond acceptors (Lipinski definition) is 6. The van der Waals surface area contributed by atoms with Crippen LogP contribution in [0.2, 0.25) is 0 Å². The molecule has 7 heteroatoms. The number of benzene rings is 2. The van der Waals surface area contributed by atoms with Crippen molar-refractivity contribution < 1.29 is 33.7 Å². The Labute approximate surface area is 245 Å². The van der Waals surface area contributed by atoms with Crippen molar-refractivity contribution in [2.45, 2.75) is 97.3 Å². The highest BCUT2D eigenvalue weighted by atomic mass is 16.5. The van der Waals surface area contributed by atoms with Gasteiger partial charge in [-0.25, -0.2) is 4.79 Å². The van der Waals surface area contributed by atoms with E-state index in [-0.39, 0.29) is 18.8 Å². The lowest BCUT2D eigenvalue weighted by Crippen LogP contribution is -2.12. The van der Waals surface area contributed by atoms with Crippen molar-refractivity contribution in [2.75, 3.05) is 19.8 Å². The summed E-state index contributed by atoms with van der Waals surface area (Å²) in [6.07, 6.45) is 11.7. The summed E-state index contributed by atoms with van der Waals surface area (Å²) in [6, 6.07) is 15.6. The van der Waals surface area contributed by atoms with Gasteiger partial charge >= 0.3 is 17.9 Å². The molecule has 0 aliphatic rings. The van der Waals surface area contributed by atoms with Crippen LogP contribution in [0.3, 0.4) is 0 Å². The van der Waals surface area contributed by atoms with Crippen molar-refractivity contribution in [1.29, 1.82) is 0 Å². The maximum Gasteiger partial charge on any atom is 0.338 e. The zero-order valence-electron chi connectivity index (χ0n) is 24.9. The molecule has 0 amide bonds. The molecule has 0 heterocycles. The number of esters is 2. The molecule has 0 saturated carbocycles. The van der Waals surface area contributed by atoms with Gasteiger partial charge in [-0.15, -0.1) is 0 Å². The normalized spacial score (nSPS) is 11.6. The lowest BCUT2D eigenvalue weighted by atomic mass is 10.0. The molecule has 0 spiro atoms. The topological polar surface area (TPSA) is 99.1 Å². The van der Waals surface area contributed by atoms with Gasteiger partial charge in [-0.1, -0.05) is 102 Å². The molecule has 0 aromatic heterocycles. The molecule has 0 aliphatic carbocycles. The summed E-state index contributed by atoms with van der Waals surface area (Å²) in [5.41, 5.74) is 2.54. The molecule has 2 rings (SSSR count). The van der Waals surface area contributed by atoms with E-state index in [0.717, 1.165) is 49.7 Å². The van der Waals surface area contributed by atoms with E-state index in [9.17, 15) is 14.4 Å². The van der Waals surface area contributed by atoms with Crippen LogP contribution in [0.4, 0.5) is 0 Å². The molecule has 226 valence electrons. The van der Waals surface area contributed by atoms with Crippen molar-refractivity contribution in [1.82, 2.24) is 0 Å². The highest BCUT2D eigenvalue weighted by Gasteiger charge is 2.14. The first-order valence-electron chi connectivity index (χ1n) is 15.3. The van der Waals surface area contributed by atoms with E-state index in [1.165, 1.54) is 32.1 Å². The number of carboxylic acids is 1. The van der Waals surface area contributed by atoms with E-state index in [1.807, 2.05) is 48.5 Å². The van der Waals surface area contributed by atoms with Crippen LogP contribution in [0.15, 0.2) is 48.5 Å². The Hall–Kier alpha value is -3.35. The molecule has 0 radical (unpaired) electrons. The maximum absolute atomic E-state index is 12.6. The van der Waals surface area contributed by atoms with Crippen LogP contribution in [0.25, 0.3) is 11.1 Å². The fourth-order valence-corrected chi connectivity index (χ4v) is 4.31. The summed E-state index contributed by atoms with van der Waals surface area (Å²) < 4.78 is 16.7. The van der Waals surface area contributed by atoms with Crippen molar-refractivity contribution in [3.63, 3.8) is 0 Å². The van der Waals surface area contributed by atoms with E-state index in [0.29, 0.717) is 37.1 Å². The Balaban J connectivity index is 1.62. The summed E-state index contributed by atoms with van der Waals surface area (Å²) in [6.45, 7) is 5.55. The van der Waals surface area contributed by atoms with Gasteiger partial charge in [0.1, 0.15) is 5.75 Å². The number of carboxylic acid groups (broad SMARTS) is 1. The van der Waals surface area contributed by atoms with Crippen molar-refractivity contribution in [3.05, 3.63) is 54.1 Å². The zero-order chi connectivity index (χ0) is 29.7. The van der Waals surface area contributed by atoms with Gasteiger partial charge in [0.05, 0.1) is 38.2 Å². The molecule has 1 atom stereocenters. The third kappa shape index (κ3) is 14.7. The third-order valence-electron chi connectivity index (χ3n) is 7.10. The number of carbonyl (C=O) groups is 3. The summed E-state index contributed by atoms with van der Waals surface area (Å²) in [4.78, 5) is 34.4. The predicted octanol–water partition coefficient (Wildman–Crippen LogP) is 8.24. The van der Waals surface area contributed by atoms with Crippen LogP contribution in [-0.4, -0.2) is 42.8 Å². The Morgan fingerprint density at radius 2 is 1.37 bits per heavy atom. The Bertz CT molecular complexity index is 1030. The Morgan fingerprint density at radius 1 is 0.756 bits per heavy atom. The van der Waals surface area contributed by atoms with E-state index in [2.05, 4.69) is 13.8 Å². The number of carbonyl (C=O) groups excluding carboxylic acids is 2. The van der Waals surface area contributed by atoms with Gasteiger partial charge in [0.25, 0.3) is 0 Å². The zero-order valence-corrected chi connectivity index (χ0v) is 24.9. The van der Waals surface area contributed by atoms with Crippen LogP contribution < -0.4 is 4.74 Å². The van der Waals surface area contributed by atoms with Gasteiger partial charge in [-0.2, -0.15) is 0 Å². The summed E-state index contributed by atoms with van der Waals surface area (Å²) in [5, 5.41) is 8.56. The number of ether oxygens (including phenoxy) is 3. The molecular formula is C34H48O7. The highest BCUT2D eigenvalue weighted by molar-refractivity contribution is 5.91. The average Bonchev–Trinajstić information content (AvgIpc) is 2.99. The molecule has 1 N–H and O–H groups in total. The number of aliphatic carboxylic acids is 1. The number of rotatable bonds is 22. The quantitative estimate of drug-likeness (QED) is 0.113. The predicted molar refractivity (Wildman–Crippen MR) is 161 cm³/mol. The second kappa shape index (κ2) is 20.5. The van der Waals surface area contributed by atoms with Gasteiger partial charge in [-0.05, 0) is 42.5 Å². The summed E-state index contributed by atoms with van der Waals surface area (Å²) in [5.74, 6) is -0.678. The molecule has 2 aromatic carbocycles. The number of hydrogen-bond donors (Lipinski definition) is 1. The fraction of sp³-hybridized carbons (Fsp3) is 0.559. The van der Waals surface area contributed by atoms with E-state index in [4.69, 9.17) is 19.3 Å². The minimum atomic E-state index is -0.980. The van der Waals surface area contributed by atoms with Crippen LogP contribution in [0.5, 0.6) is 5.75 Å². The van der Waals surface area contributed by atoms with Gasteiger partial charge in [0, 0.05) is 5.56 Å². The molecule has 1 unspecified atom stereocenters. The minimum Gasteiger partial charge on any atom is -0.493 e. The monoisotopic (exact) mass is 568 g/mol. The molecule has 2 aromatic rings. The molecule has 0 saturated heterocycles. The molecule has 7 nitrogen and oxygen atoms in total. The first-order valence-corrected chi connectivity index (χ1v) is 15.3. The van der Waals surface area contributed by atoms with Crippen LogP contribution in [0, 0.1) is 5.92 Å². The third-order valence-corrected chi connectivity index (χ3v) is 7.10. The fourth-order valence-electron chi connectivity index (χ4n) is 4.31. The smallest absolute Gasteiger partial charge is 0.338 e. The van der Waals surface area contributed by atoms with Crippen molar-refractivity contribution >= 4 is 17.9 Å². The minimum absolute atomic E-state index is 0.0571. The Kier molecular flexibility index (Phi) is 16.9. The van der Waals surface area contributed by atoms with Gasteiger partial charge < -0.3 is 19.3 Å². The largest absolute Gasteiger partial charge is 0.493 e. The molecular weight excluding hydrogens is 520 g/mol. The van der Waals surface area contributed by atoms with Gasteiger partial charge in [0.15, 0.2) is 0 Å². The van der Waals surface area contributed by atoms with E-state index < -0.39 is 11.9 Å². The molecule has 0 bridgehead atoms. The van der Waals surface area contributed by atoms with Crippen LogP contribution in [0.1, 0.15) is 108 Å². The summed E-state index contributed by atoms with van der Waals surface area (Å²) in [7, 11) is 0. The standard InChI is InChI=1S/C34H48O7/c1-3-27(2)26-41-34(38)29-19-20-30(28-17-13-12-14-18-28)31(25-29)39-23-15-10-8-6-4-5-7-9-11-16-24-40-33(37)22-21-32(35)36/h12-14,17-20,25,27H,3-11,15-16,21-24,26H2,1-2H3,(H,35,36). The molecule has 41 heavy (non-hydrogen) atoms. The number of unbranched alkanes of at least 4 members (excludes halogenated alkanes) is 9. The van der Waals surface area contributed by atoms with E-state index >= 15 is 0 Å². The Morgan fingerprint density at radius 3 is 1.98 bits per heavy atom. The highest BCUT2D eigenvalue weighted by Crippen LogP contribution is 2.31. The summed E-state index contributed by atoms with van der Waals surface area (Å²) >= 11 is 0. The second-order valence-corrected chi connectivity index (χ2v) is 10.7. The lowest BCUT2D eigenvalue weighted by molar-refractivity contribution is -0.147. The van der Waals surface area contributed by atoms with Crippen LogP contribution in [-0.2, 0) is 19.1 Å². The SMILES string of the molecule is CCC(C)COC(=O)c1ccc(-c2ccccc2)c(OCCCCCCCCCCCCOC(=O)CCC(=O)O)c1. The van der Waals surface area contributed by atoms with Crippen molar-refractivity contribution in [2.24, 2.45) is 5.92 Å². The average molecular weight is 569 g/mol. The molecule has 0 fully saturated rings. The van der Waals surface area contributed by atoms with Crippen LogP contribution >= 0.6 is 0 Å². The first-order chi connectivity index (χ1) is 19.9. The van der Waals surface area contributed by atoms with E-state index in [1.54, 1.807) is 0 Å².